The van der Waals surface area contributed by atoms with Gasteiger partial charge in [-0.15, -0.1) is 0 Å². The summed E-state index contributed by atoms with van der Waals surface area (Å²) < 4.78 is 0. The first kappa shape index (κ1) is 20.0. The molecule has 0 aliphatic heterocycles. The van der Waals surface area contributed by atoms with E-state index in [1.54, 1.807) is 6.07 Å². The van der Waals surface area contributed by atoms with Crippen LogP contribution in [0.25, 0.3) is 4.85 Å². The molecule has 0 bridgehead atoms. The van der Waals surface area contributed by atoms with E-state index in [4.69, 9.17) is 18.0 Å². The summed E-state index contributed by atoms with van der Waals surface area (Å²) in [5.41, 5.74) is 0.669. The molecular formula is C24H12N4O5. The van der Waals surface area contributed by atoms with Crippen LogP contribution in [0, 0.1) is 28.7 Å². The van der Waals surface area contributed by atoms with Crippen LogP contribution in [-0.4, -0.2) is 34.6 Å². The molecule has 0 radical (unpaired) electrons. The molecule has 0 aromatic heterocycles. The fourth-order valence-electron chi connectivity index (χ4n) is 5.71. The third-order valence-electron chi connectivity index (χ3n) is 6.97. The Hall–Kier alpha value is -4.89. The second-order valence-corrected chi connectivity index (χ2v) is 7.99. The third-order valence-corrected chi connectivity index (χ3v) is 6.97. The Balaban J connectivity index is 2.06. The summed E-state index contributed by atoms with van der Waals surface area (Å²) in [7, 11) is 0. The molecule has 5 rings (SSSR count). The molecule has 33 heavy (non-hydrogen) atoms. The first-order chi connectivity index (χ1) is 15.7. The number of rotatable bonds is 1. The van der Waals surface area contributed by atoms with Crippen molar-refractivity contribution in [1.29, 1.82) is 5.26 Å². The second kappa shape index (κ2) is 5.87. The number of carbonyl (C=O) groups excluding carboxylic acids is 5. The van der Waals surface area contributed by atoms with Gasteiger partial charge in [-0.3, -0.25) is 28.8 Å². The molecule has 9 nitrogen and oxygen atoms in total. The van der Waals surface area contributed by atoms with Crippen molar-refractivity contribution in [3.8, 4) is 6.07 Å². The van der Waals surface area contributed by atoms with Crippen LogP contribution >= 0.6 is 0 Å². The smallest absolute Gasteiger partial charge is 0.370 e. The normalized spacial score (nSPS) is 23.6. The van der Waals surface area contributed by atoms with Crippen LogP contribution < -0.4 is 11.5 Å². The average molecular weight is 436 g/mol. The molecule has 4 N–H and O–H groups in total. The number of carbonyl (C=O) groups is 5. The van der Waals surface area contributed by atoms with E-state index in [9.17, 15) is 29.2 Å². The number of benzene rings is 2. The van der Waals surface area contributed by atoms with Crippen molar-refractivity contribution in [2.45, 2.75) is 5.54 Å². The van der Waals surface area contributed by atoms with Gasteiger partial charge in [0.1, 0.15) is 5.70 Å². The molecule has 158 valence electrons. The van der Waals surface area contributed by atoms with E-state index in [0.29, 0.717) is 0 Å². The number of allylic oxidation sites excluding steroid dienone is 1. The Bertz CT molecular complexity index is 1450. The zero-order valence-electron chi connectivity index (χ0n) is 16.7. The van der Waals surface area contributed by atoms with Crippen molar-refractivity contribution < 1.29 is 24.0 Å². The number of nitrogens with zero attached hydrogens (tertiary/aromatic N) is 2. The van der Waals surface area contributed by atoms with Crippen molar-refractivity contribution in [2.75, 3.05) is 0 Å². The predicted molar refractivity (Wildman–Crippen MR) is 110 cm³/mol. The van der Waals surface area contributed by atoms with E-state index in [-0.39, 0.29) is 22.3 Å². The SMILES string of the molecule is [C-]#[N+][C@]1(C(N)=O)C(N)=C(C#N)C2(C(=O)c3ccccc3C2=O)C12C(=O)c1ccccc1C2=O. The number of nitriles is 1. The van der Waals surface area contributed by atoms with E-state index in [1.807, 2.05) is 0 Å². The zero-order chi connectivity index (χ0) is 23.9. The Kier molecular flexibility index (Phi) is 3.56. The first-order valence-electron chi connectivity index (χ1n) is 9.67. The highest BCUT2D eigenvalue weighted by Gasteiger charge is 2.92. The summed E-state index contributed by atoms with van der Waals surface area (Å²) in [5.74, 6) is -5.86. The summed E-state index contributed by atoms with van der Waals surface area (Å²) in [5, 5.41) is 10.0. The third kappa shape index (κ3) is 1.64. The average Bonchev–Trinajstić information content (AvgIpc) is 3.28. The monoisotopic (exact) mass is 436 g/mol. The molecule has 0 saturated carbocycles. The molecule has 2 aromatic carbocycles. The van der Waals surface area contributed by atoms with E-state index in [2.05, 4.69) is 4.85 Å². The highest BCUT2D eigenvalue weighted by Crippen LogP contribution is 2.69. The molecule has 3 aliphatic rings. The first-order valence-corrected chi connectivity index (χ1v) is 9.67. The lowest BCUT2D eigenvalue weighted by atomic mass is 9.52. The van der Waals surface area contributed by atoms with E-state index in [1.165, 1.54) is 48.5 Å². The second-order valence-electron chi connectivity index (χ2n) is 7.99. The molecule has 0 fully saturated rings. The Labute approximate surface area is 186 Å². The highest BCUT2D eigenvalue weighted by molar-refractivity contribution is 6.44. The van der Waals surface area contributed by atoms with Gasteiger partial charge >= 0.3 is 11.4 Å². The van der Waals surface area contributed by atoms with Crippen molar-refractivity contribution in [1.82, 2.24) is 0 Å². The number of ketones is 4. The molecular weight excluding hydrogens is 424 g/mol. The summed E-state index contributed by atoms with van der Waals surface area (Å²) in [6.07, 6.45) is 0. The number of Topliss-reactive ketones (excluding diaryl/α,β-unsaturated/α-hetero) is 4. The van der Waals surface area contributed by atoms with Crippen molar-refractivity contribution in [3.63, 3.8) is 0 Å². The lowest BCUT2D eigenvalue weighted by molar-refractivity contribution is -0.123. The maximum atomic E-state index is 14.1. The Morgan fingerprint density at radius 2 is 1.24 bits per heavy atom. The summed E-state index contributed by atoms with van der Waals surface area (Å²) in [6.45, 7) is 7.86. The van der Waals surface area contributed by atoms with Crippen LogP contribution in [0.3, 0.4) is 0 Å². The van der Waals surface area contributed by atoms with Crippen LogP contribution in [0.4, 0.5) is 0 Å². The van der Waals surface area contributed by atoms with Crippen molar-refractivity contribution in [2.24, 2.45) is 22.3 Å². The van der Waals surface area contributed by atoms with Gasteiger partial charge in [-0.25, -0.2) is 6.57 Å². The number of hydrogen-bond acceptors (Lipinski definition) is 7. The summed E-state index contributed by atoms with van der Waals surface area (Å²) in [4.78, 5) is 72.2. The van der Waals surface area contributed by atoms with Gasteiger partial charge in [0.2, 0.25) is 5.41 Å². The van der Waals surface area contributed by atoms with Crippen LogP contribution in [0.5, 0.6) is 0 Å². The molecule has 1 atom stereocenters. The maximum absolute atomic E-state index is 14.1. The van der Waals surface area contributed by atoms with Crippen molar-refractivity contribution in [3.05, 3.63) is 93.5 Å². The van der Waals surface area contributed by atoms with Crippen LogP contribution in [0.2, 0.25) is 0 Å². The molecule has 0 saturated heterocycles. The predicted octanol–water partition coefficient (Wildman–Crippen LogP) is 1.01. The van der Waals surface area contributed by atoms with Gasteiger partial charge in [0, 0.05) is 22.3 Å². The minimum absolute atomic E-state index is 0.149. The van der Waals surface area contributed by atoms with Crippen LogP contribution in [-0.2, 0) is 4.79 Å². The Morgan fingerprint density at radius 1 is 0.848 bits per heavy atom. The van der Waals surface area contributed by atoms with Gasteiger partial charge in [0.25, 0.3) is 0 Å². The summed E-state index contributed by atoms with van der Waals surface area (Å²) >= 11 is 0. The fourth-order valence-corrected chi connectivity index (χ4v) is 5.71. The number of primary amides is 1. The molecule has 9 heteroatoms. The molecule has 2 aromatic rings. The van der Waals surface area contributed by atoms with Gasteiger partial charge in [0.05, 0.1) is 11.6 Å². The minimum Gasteiger partial charge on any atom is -0.394 e. The molecule has 0 unspecified atom stereocenters. The van der Waals surface area contributed by atoms with E-state index >= 15 is 0 Å². The van der Waals surface area contributed by atoms with Crippen LogP contribution in [0.1, 0.15) is 41.4 Å². The lowest BCUT2D eigenvalue weighted by Crippen LogP contribution is -2.67. The Morgan fingerprint density at radius 3 is 1.58 bits per heavy atom. The van der Waals surface area contributed by atoms with E-state index < -0.39 is 56.7 Å². The van der Waals surface area contributed by atoms with Gasteiger partial charge in [-0.05, 0) is 0 Å². The standard InChI is InChI=1S/C24H12N4O5/c1-28-24(21(27)33)16(26)15(10-25)22(17(29)11-6-2-3-7-12(11)18(22)30)23(24)19(31)13-8-4-5-9-14(13)20(23)32/h2-9H,26H2,(H2,27,33)/t24-/m0/s1. The number of fused-ring (bicyclic) bond motifs is 3. The fraction of sp³-hybridized carbons (Fsp3) is 0.125. The van der Waals surface area contributed by atoms with Gasteiger partial charge in [0.15, 0.2) is 28.5 Å². The van der Waals surface area contributed by atoms with Crippen molar-refractivity contribution >= 4 is 29.0 Å². The molecule has 3 aliphatic carbocycles. The van der Waals surface area contributed by atoms with Gasteiger partial charge in [-0.1, -0.05) is 48.5 Å². The molecule has 2 spiro atoms. The largest absolute Gasteiger partial charge is 0.394 e. The van der Waals surface area contributed by atoms with Gasteiger partial charge < -0.3 is 11.5 Å². The maximum Gasteiger partial charge on any atom is 0.370 e. The highest BCUT2D eigenvalue weighted by atomic mass is 16.2. The summed E-state index contributed by atoms with van der Waals surface area (Å²) in [6, 6.07) is 12.7. The van der Waals surface area contributed by atoms with E-state index in [0.717, 1.165) is 0 Å². The number of amides is 1. The quantitative estimate of drug-likeness (QED) is 0.497. The van der Waals surface area contributed by atoms with Gasteiger partial charge in [-0.2, -0.15) is 5.26 Å². The molecule has 1 amide bonds. The zero-order valence-corrected chi connectivity index (χ0v) is 16.7. The molecule has 0 heterocycles. The van der Waals surface area contributed by atoms with Crippen LogP contribution in [0.15, 0.2) is 59.8 Å². The minimum atomic E-state index is -2.99. The number of hydrogen-bond donors (Lipinski definition) is 2. The number of nitrogens with two attached hydrogens (primary N) is 2. The lowest BCUT2D eigenvalue weighted by Gasteiger charge is -2.38. The topological polar surface area (TPSA) is 166 Å².